The van der Waals surface area contributed by atoms with Crippen LogP contribution in [0.1, 0.15) is 78.7 Å². The molecule has 48 heavy (non-hydrogen) atoms. The van der Waals surface area contributed by atoms with Crippen LogP contribution in [0.5, 0.6) is 0 Å². The minimum atomic E-state index is 0.261. The van der Waals surface area contributed by atoms with Crippen LogP contribution in [0.15, 0.2) is 108 Å². The fourth-order valence-electron chi connectivity index (χ4n) is 9.66. The summed E-state index contributed by atoms with van der Waals surface area (Å²) in [6.45, 7) is 0. The summed E-state index contributed by atoms with van der Waals surface area (Å²) in [4.78, 5) is 1.34. The van der Waals surface area contributed by atoms with Gasteiger partial charge in [-0.2, -0.15) is 0 Å². The highest BCUT2D eigenvalue weighted by atomic mass is 28.1. The lowest BCUT2D eigenvalue weighted by Crippen LogP contribution is -2.23. The van der Waals surface area contributed by atoms with Crippen molar-refractivity contribution in [2.45, 2.75) is 57.3 Å². The van der Waals surface area contributed by atoms with Gasteiger partial charge in [-0.25, -0.2) is 0 Å². The maximum atomic E-state index is 4.50. The van der Waals surface area contributed by atoms with Crippen LogP contribution < -0.4 is 5.22 Å². The second-order valence-corrected chi connectivity index (χ2v) is 15.4. The molecule has 1 aromatic heterocycles. The number of fused-ring (bicyclic) bond motifs is 5. The molecule has 1 atom stereocenters. The Kier molecular flexibility index (Phi) is 5.85. The van der Waals surface area contributed by atoms with Crippen LogP contribution >= 0.6 is 0 Å². The van der Waals surface area contributed by atoms with Crippen molar-refractivity contribution in [2.75, 3.05) is 0 Å². The zero-order valence-electron chi connectivity index (χ0n) is 27.2. The lowest BCUT2D eigenvalue weighted by Gasteiger charge is -2.29. The van der Waals surface area contributed by atoms with E-state index in [9.17, 15) is 0 Å². The molecule has 0 N–H and O–H groups in total. The smallest absolute Gasteiger partial charge is 0.0578 e. The third kappa shape index (κ3) is 3.87. The molecule has 2 radical (unpaired) electrons. The summed E-state index contributed by atoms with van der Waals surface area (Å²) in [5, 5.41) is 4.13. The number of nitrogens with zero attached hydrogens (tertiary/aromatic N) is 1. The summed E-state index contributed by atoms with van der Waals surface area (Å²) < 4.78 is 2.68. The van der Waals surface area contributed by atoms with E-state index in [0.29, 0.717) is 5.92 Å². The molecule has 5 aromatic carbocycles. The van der Waals surface area contributed by atoms with Crippen LogP contribution in [0.4, 0.5) is 0 Å². The van der Waals surface area contributed by atoms with Crippen molar-refractivity contribution in [3.05, 3.63) is 146 Å². The average Bonchev–Trinajstić information content (AvgIpc) is 4.06. The summed E-state index contributed by atoms with van der Waals surface area (Å²) in [5.74, 6) is 1.65. The van der Waals surface area contributed by atoms with E-state index in [1.807, 2.05) is 0 Å². The molecule has 1 unspecified atom stereocenters. The highest BCUT2D eigenvalue weighted by Gasteiger charge is 2.41. The molecular weight excluding hydrogens is 595 g/mol. The number of aromatic nitrogens is 1. The third-order valence-electron chi connectivity index (χ3n) is 12.0. The zero-order valence-corrected chi connectivity index (χ0v) is 28.2. The molecular formula is C46H37NSi. The number of rotatable bonds is 5. The molecule has 0 spiro atoms. The van der Waals surface area contributed by atoms with Gasteiger partial charge in [0.1, 0.15) is 0 Å². The first-order valence-corrected chi connectivity index (χ1v) is 18.7. The van der Waals surface area contributed by atoms with E-state index in [4.69, 9.17) is 0 Å². The van der Waals surface area contributed by atoms with Gasteiger partial charge >= 0.3 is 0 Å². The van der Waals surface area contributed by atoms with Gasteiger partial charge in [-0.05, 0) is 130 Å². The molecule has 5 aliphatic carbocycles. The average molecular weight is 632 g/mol. The zero-order chi connectivity index (χ0) is 31.5. The van der Waals surface area contributed by atoms with E-state index in [1.54, 1.807) is 22.3 Å². The standard InChI is InChI=1S/C46H37NSi/c48-46-39-25-36(28-21-22-28)33-15-4-5-16-35(45(43(33)39)47-40-19-8-6-13-31(40)32-14-7-9-20-41(32)47)44(46)42-34-18-10-17-30(27-11-2-1-3-12-27)38(34)26-37(42)29-23-24-29/h1-3,6-14,17-20,25-26,28-29,42H,4-5,15-16,21-24H2. The molecule has 1 nitrogen and oxygen atoms in total. The lowest BCUT2D eigenvalue weighted by molar-refractivity contribution is 0.726. The molecule has 2 saturated carbocycles. The van der Waals surface area contributed by atoms with Crippen LogP contribution in [0.3, 0.4) is 0 Å². The molecule has 2 fully saturated rings. The van der Waals surface area contributed by atoms with Gasteiger partial charge in [0.25, 0.3) is 0 Å². The predicted octanol–water partition coefficient (Wildman–Crippen LogP) is 10.5. The molecule has 230 valence electrons. The van der Waals surface area contributed by atoms with Gasteiger partial charge < -0.3 is 4.57 Å². The van der Waals surface area contributed by atoms with Crippen LogP contribution in [0.25, 0.3) is 56.3 Å². The minimum Gasteiger partial charge on any atom is -0.308 e. The van der Waals surface area contributed by atoms with Gasteiger partial charge in [-0.1, -0.05) is 103 Å². The Hall–Kier alpha value is -4.53. The first kappa shape index (κ1) is 27.4. The summed E-state index contributed by atoms with van der Waals surface area (Å²) in [5.41, 5.74) is 19.2. The van der Waals surface area contributed by atoms with E-state index in [1.165, 1.54) is 116 Å². The molecule has 1 heterocycles. The topological polar surface area (TPSA) is 4.93 Å². The maximum Gasteiger partial charge on any atom is 0.0578 e. The lowest BCUT2D eigenvalue weighted by atomic mass is 9.78. The van der Waals surface area contributed by atoms with Crippen molar-refractivity contribution in [2.24, 2.45) is 11.8 Å². The van der Waals surface area contributed by atoms with Gasteiger partial charge in [0.05, 0.1) is 16.7 Å². The molecule has 0 amide bonds. The quantitative estimate of drug-likeness (QED) is 0.167. The second kappa shape index (κ2) is 10.2. The van der Waals surface area contributed by atoms with Crippen molar-refractivity contribution < 1.29 is 0 Å². The minimum absolute atomic E-state index is 0.261. The number of para-hydroxylation sites is 2. The summed E-state index contributed by atoms with van der Waals surface area (Å²) in [7, 11) is 4.50. The van der Waals surface area contributed by atoms with E-state index in [-0.39, 0.29) is 5.92 Å². The molecule has 6 aromatic rings. The third-order valence-corrected chi connectivity index (χ3v) is 12.6. The van der Waals surface area contributed by atoms with Crippen molar-refractivity contribution in [1.82, 2.24) is 4.57 Å². The molecule has 0 aliphatic heterocycles. The van der Waals surface area contributed by atoms with Gasteiger partial charge in [0.15, 0.2) is 0 Å². The Morgan fingerprint density at radius 2 is 1.33 bits per heavy atom. The van der Waals surface area contributed by atoms with Crippen molar-refractivity contribution in [3.8, 4) is 16.8 Å². The monoisotopic (exact) mass is 631 g/mol. The van der Waals surface area contributed by atoms with Crippen molar-refractivity contribution >= 4 is 49.4 Å². The van der Waals surface area contributed by atoms with Crippen molar-refractivity contribution in [3.63, 3.8) is 0 Å². The Balaban J connectivity index is 1.27. The van der Waals surface area contributed by atoms with E-state index in [2.05, 4.69) is 124 Å². The molecule has 11 rings (SSSR count). The Bertz CT molecular complexity index is 2480. The fourth-order valence-corrected chi connectivity index (χ4v) is 10.2. The van der Waals surface area contributed by atoms with Crippen LogP contribution in [-0.2, 0) is 6.42 Å². The van der Waals surface area contributed by atoms with E-state index in [0.717, 1.165) is 12.3 Å². The summed E-state index contributed by atoms with van der Waals surface area (Å²) >= 11 is 0. The normalized spacial score (nSPS) is 19.8. The Morgan fingerprint density at radius 3 is 2.06 bits per heavy atom. The van der Waals surface area contributed by atoms with E-state index >= 15 is 0 Å². The van der Waals surface area contributed by atoms with Crippen LogP contribution in [0.2, 0.25) is 0 Å². The fraction of sp³-hybridized carbons (Fsp3) is 0.239. The second-order valence-electron chi connectivity index (χ2n) is 14.9. The van der Waals surface area contributed by atoms with E-state index < -0.39 is 0 Å². The van der Waals surface area contributed by atoms with Gasteiger partial charge in [0, 0.05) is 32.1 Å². The Morgan fingerprint density at radius 1 is 0.646 bits per heavy atom. The number of hydrogen-bond acceptors (Lipinski definition) is 0. The van der Waals surface area contributed by atoms with Crippen LogP contribution in [-0.4, -0.2) is 14.4 Å². The number of hydrogen-bond donors (Lipinski definition) is 0. The molecule has 2 heteroatoms. The Labute approximate surface area is 285 Å². The number of allylic oxidation sites excluding steroid dienone is 3. The molecule has 2 bridgehead atoms. The summed E-state index contributed by atoms with van der Waals surface area (Å²) in [6, 6.07) is 36.4. The van der Waals surface area contributed by atoms with Gasteiger partial charge in [-0.3, -0.25) is 0 Å². The summed E-state index contributed by atoms with van der Waals surface area (Å²) in [6.07, 6.45) is 15.3. The first-order valence-electron chi connectivity index (χ1n) is 18.2. The van der Waals surface area contributed by atoms with Gasteiger partial charge in [0.2, 0.25) is 0 Å². The van der Waals surface area contributed by atoms with Crippen molar-refractivity contribution in [1.29, 1.82) is 0 Å². The maximum absolute atomic E-state index is 4.50. The number of benzene rings is 5. The highest BCUT2D eigenvalue weighted by Crippen LogP contribution is 2.55. The van der Waals surface area contributed by atoms with Crippen LogP contribution in [0, 0.1) is 16.7 Å². The first-order chi connectivity index (χ1) is 23.8. The molecule has 5 aliphatic rings. The largest absolute Gasteiger partial charge is 0.308 e. The SMILES string of the molecule is [Si]=c1c(C2C(C3CC3)=Cc3c(-c4ccccc4)cccc32)c2c(-n3c4ccccc4c4ccccc43)c3c1=CC(C1CC1)=C3CCCC2. The predicted molar refractivity (Wildman–Crippen MR) is 201 cm³/mol. The highest BCUT2D eigenvalue weighted by molar-refractivity contribution is 6.10. The molecule has 0 saturated heterocycles. The van der Waals surface area contributed by atoms with Gasteiger partial charge in [-0.15, -0.1) is 0 Å².